The summed E-state index contributed by atoms with van der Waals surface area (Å²) in [7, 11) is -4.62. The van der Waals surface area contributed by atoms with E-state index in [1.54, 1.807) is 23.0 Å². The van der Waals surface area contributed by atoms with Crippen LogP contribution in [0.1, 0.15) is 19.9 Å². The monoisotopic (exact) mass is 487 g/mol. The molecule has 2 aromatic heterocycles. The second-order valence-electron chi connectivity index (χ2n) is 7.78. The Morgan fingerprint density at radius 1 is 1.03 bits per heavy atom. The summed E-state index contributed by atoms with van der Waals surface area (Å²) in [5, 5.41) is 4.50. The molecule has 0 aliphatic heterocycles. The molecule has 7 nitrogen and oxygen atoms in total. The molecule has 176 valence electrons. The third kappa shape index (κ3) is 4.46. The van der Waals surface area contributed by atoms with E-state index < -0.39 is 38.1 Å². The molecule has 2 heterocycles. The van der Waals surface area contributed by atoms with Crippen molar-refractivity contribution in [3.05, 3.63) is 78.4 Å². The zero-order chi connectivity index (χ0) is 24.6. The molecule has 3 N–H and O–H groups in total. The van der Waals surface area contributed by atoms with Gasteiger partial charge >= 0.3 is 0 Å². The van der Waals surface area contributed by atoms with Gasteiger partial charge in [-0.25, -0.2) is 26.6 Å². The molecule has 0 amide bonds. The van der Waals surface area contributed by atoms with Crippen LogP contribution in [0.15, 0.2) is 65.8 Å². The summed E-state index contributed by atoms with van der Waals surface area (Å²) in [6, 6.07) is 9.30. The van der Waals surface area contributed by atoms with Crippen molar-refractivity contribution in [2.24, 2.45) is 0 Å². The Kier molecular flexibility index (Phi) is 6.05. The molecule has 0 radical (unpaired) electrons. The van der Waals surface area contributed by atoms with Crippen molar-refractivity contribution in [1.29, 1.82) is 0 Å². The lowest BCUT2D eigenvalue weighted by Gasteiger charge is -2.12. The van der Waals surface area contributed by atoms with Crippen LogP contribution in [-0.4, -0.2) is 23.2 Å². The molecule has 0 spiro atoms. The zero-order valence-corrected chi connectivity index (χ0v) is 18.9. The van der Waals surface area contributed by atoms with Crippen molar-refractivity contribution in [3.8, 4) is 22.4 Å². The van der Waals surface area contributed by atoms with Crippen molar-refractivity contribution in [3.63, 3.8) is 0 Å². The minimum atomic E-state index is -4.62. The molecule has 0 saturated heterocycles. The van der Waals surface area contributed by atoms with Crippen LogP contribution in [0.3, 0.4) is 0 Å². The van der Waals surface area contributed by atoms with E-state index in [1.165, 1.54) is 24.4 Å². The standard InChI is InChI=1S/C23H20F3N5O2S/c1-13(2)31-12-17(14-8-9-28-21(27)10-14)23(29-31)16-4-3-5-19(22(16)26)30-34(32,33)20-11-15(24)6-7-18(20)25/h3-13,30H,1-2H3,(H2,27,28). The minimum Gasteiger partial charge on any atom is -0.384 e. The van der Waals surface area contributed by atoms with Gasteiger partial charge in [0, 0.05) is 29.6 Å². The number of halogens is 3. The third-order valence-corrected chi connectivity index (χ3v) is 6.41. The quantitative estimate of drug-likeness (QED) is 0.399. The highest BCUT2D eigenvalue weighted by Gasteiger charge is 2.24. The van der Waals surface area contributed by atoms with Gasteiger partial charge in [-0.1, -0.05) is 6.07 Å². The lowest BCUT2D eigenvalue weighted by molar-refractivity contribution is 0.533. The van der Waals surface area contributed by atoms with Gasteiger partial charge in [0.2, 0.25) is 0 Å². The first kappa shape index (κ1) is 23.3. The van der Waals surface area contributed by atoms with Crippen molar-refractivity contribution >= 4 is 21.5 Å². The summed E-state index contributed by atoms with van der Waals surface area (Å²) in [6.07, 6.45) is 3.24. The average Bonchev–Trinajstić information content (AvgIpc) is 3.22. The number of pyridine rings is 1. The molecule has 0 aliphatic rings. The molecule has 2 aromatic carbocycles. The van der Waals surface area contributed by atoms with Crippen LogP contribution in [0.2, 0.25) is 0 Å². The summed E-state index contributed by atoms with van der Waals surface area (Å²) in [6.45, 7) is 3.80. The van der Waals surface area contributed by atoms with Crippen LogP contribution in [-0.2, 0) is 10.0 Å². The van der Waals surface area contributed by atoms with Gasteiger partial charge in [-0.2, -0.15) is 5.10 Å². The number of rotatable bonds is 6. The largest absolute Gasteiger partial charge is 0.384 e. The Morgan fingerprint density at radius 3 is 2.50 bits per heavy atom. The highest BCUT2D eigenvalue weighted by Crippen LogP contribution is 2.36. The van der Waals surface area contributed by atoms with Gasteiger partial charge in [0.1, 0.15) is 28.0 Å². The van der Waals surface area contributed by atoms with E-state index in [0.717, 1.165) is 6.07 Å². The second kappa shape index (κ2) is 8.82. The van der Waals surface area contributed by atoms with E-state index in [-0.39, 0.29) is 23.1 Å². The maximum atomic E-state index is 15.6. The van der Waals surface area contributed by atoms with E-state index in [0.29, 0.717) is 23.3 Å². The molecular formula is C23H20F3N5O2S. The molecule has 0 aliphatic carbocycles. The van der Waals surface area contributed by atoms with Gasteiger partial charge in [0.25, 0.3) is 10.0 Å². The molecule has 0 fully saturated rings. The van der Waals surface area contributed by atoms with Gasteiger partial charge in [0.15, 0.2) is 5.82 Å². The number of benzene rings is 2. The van der Waals surface area contributed by atoms with Crippen LogP contribution in [0.5, 0.6) is 0 Å². The Labute approximate surface area is 194 Å². The molecule has 34 heavy (non-hydrogen) atoms. The highest BCUT2D eigenvalue weighted by molar-refractivity contribution is 7.92. The number of anilines is 2. The lowest BCUT2D eigenvalue weighted by atomic mass is 10.0. The smallest absolute Gasteiger partial charge is 0.265 e. The first-order valence-electron chi connectivity index (χ1n) is 10.1. The summed E-state index contributed by atoms with van der Waals surface area (Å²) in [5.74, 6) is -2.78. The summed E-state index contributed by atoms with van der Waals surface area (Å²) < 4.78 is 72.2. The van der Waals surface area contributed by atoms with Crippen molar-refractivity contribution in [2.45, 2.75) is 24.8 Å². The molecule has 4 rings (SSSR count). The lowest BCUT2D eigenvalue weighted by Crippen LogP contribution is -2.16. The molecule has 4 aromatic rings. The molecule has 0 unspecified atom stereocenters. The van der Waals surface area contributed by atoms with Crippen LogP contribution >= 0.6 is 0 Å². The number of nitrogen functional groups attached to an aromatic ring is 1. The molecule has 11 heteroatoms. The van der Waals surface area contributed by atoms with Crippen LogP contribution < -0.4 is 10.5 Å². The normalized spacial score (nSPS) is 11.7. The maximum absolute atomic E-state index is 15.6. The van der Waals surface area contributed by atoms with Crippen molar-refractivity contribution in [1.82, 2.24) is 14.8 Å². The highest BCUT2D eigenvalue weighted by atomic mass is 32.2. The topological polar surface area (TPSA) is 103 Å². The van der Waals surface area contributed by atoms with Crippen molar-refractivity contribution in [2.75, 3.05) is 10.5 Å². The Morgan fingerprint density at radius 2 is 1.79 bits per heavy atom. The second-order valence-corrected chi connectivity index (χ2v) is 9.43. The fourth-order valence-corrected chi connectivity index (χ4v) is 4.51. The fraction of sp³-hybridized carbons (Fsp3) is 0.130. The summed E-state index contributed by atoms with van der Waals surface area (Å²) >= 11 is 0. The van der Waals surface area contributed by atoms with Crippen LogP contribution in [0, 0.1) is 17.5 Å². The number of nitrogens with one attached hydrogen (secondary N) is 1. The molecule has 0 bridgehead atoms. The Hall–Kier alpha value is -3.86. The number of nitrogens with zero attached hydrogens (tertiary/aromatic N) is 3. The third-order valence-electron chi connectivity index (χ3n) is 5.03. The molecule has 0 saturated carbocycles. The summed E-state index contributed by atoms with van der Waals surface area (Å²) in [4.78, 5) is 3.03. The first-order chi connectivity index (χ1) is 16.1. The Balaban J connectivity index is 1.82. The Bertz CT molecular complexity index is 1490. The number of sulfonamides is 1. The predicted molar refractivity (Wildman–Crippen MR) is 123 cm³/mol. The maximum Gasteiger partial charge on any atom is 0.265 e. The summed E-state index contributed by atoms with van der Waals surface area (Å²) in [5.41, 5.74) is 6.81. The van der Waals surface area contributed by atoms with E-state index in [2.05, 4.69) is 10.1 Å². The number of aromatic nitrogens is 3. The van der Waals surface area contributed by atoms with Crippen LogP contribution in [0.4, 0.5) is 24.7 Å². The van der Waals surface area contributed by atoms with Gasteiger partial charge in [-0.3, -0.25) is 9.40 Å². The predicted octanol–water partition coefficient (Wildman–Crippen LogP) is 4.99. The minimum absolute atomic E-state index is 0.00435. The van der Waals surface area contributed by atoms with Crippen LogP contribution in [0.25, 0.3) is 22.4 Å². The van der Waals surface area contributed by atoms with E-state index in [9.17, 15) is 17.2 Å². The van der Waals surface area contributed by atoms with Crippen molar-refractivity contribution < 1.29 is 21.6 Å². The van der Waals surface area contributed by atoms with Gasteiger partial charge in [-0.15, -0.1) is 0 Å². The van der Waals surface area contributed by atoms with E-state index in [1.807, 2.05) is 18.6 Å². The van der Waals surface area contributed by atoms with Gasteiger partial charge in [-0.05, 0) is 61.9 Å². The van der Waals surface area contributed by atoms with E-state index >= 15 is 4.39 Å². The molecular weight excluding hydrogens is 467 g/mol. The van der Waals surface area contributed by atoms with E-state index in [4.69, 9.17) is 5.73 Å². The first-order valence-corrected chi connectivity index (χ1v) is 11.6. The van der Waals surface area contributed by atoms with Gasteiger partial charge < -0.3 is 5.73 Å². The van der Waals surface area contributed by atoms with Gasteiger partial charge in [0.05, 0.1) is 5.69 Å². The SMILES string of the molecule is CC(C)n1cc(-c2ccnc(N)c2)c(-c2cccc(NS(=O)(=O)c3cc(F)ccc3F)c2F)n1. The number of hydrogen-bond donors (Lipinski definition) is 2. The number of nitrogens with two attached hydrogens (primary N) is 1. The zero-order valence-electron chi connectivity index (χ0n) is 18.1. The number of hydrogen-bond acceptors (Lipinski definition) is 5. The average molecular weight is 488 g/mol. The fourth-order valence-electron chi connectivity index (χ4n) is 3.36. The molecule has 0 atom stereocenters.